The highest BCUT2D eigenvalue weighted by Crippen LogP contribution is 2.32. The molecule has 1 aliphatic heterocycles. The van der Waals surface area contributed by atoms with Gasteiger partial charge in [-0.25, -0.2) is 4.39 Å². The van der Waals surface area contributed by atoms with Crippen molar-refractivity contribution in [3.63, 3.8) is 0 Å². The fourth-order valence-corrected chi connectivity index (χ4v) is 3.92. The number of hydrogen-bond donors (Lipinski definition) is 0. The summed E-state index contributed by atoms with van der Waals surface area (Å²) < 4.78 is 19.7. The average molecular weight is 364 g/mol. The minimum absolute atomic E-state index is 0.00339. The number of nitrogens with zero attached hydrogens (tertiary/aromatic N) is 2. The van der Waals surface area contributed by atoms with E-state index in [0.29, 0.717) is 30.8 Å². The van der Waals surface area contributed by atoms with Crippen LogP contribution < -0.4 is 0 Å². The van der Waals surface area contributed by atoms with E-state index in [4.69, 9.17) is 4.52 Å². The molecule has 0 bridgehead atoms. The maximum Gasteiger partial charge on any atom is 0.254 e. The van der Waals surface area contributed by atoms with Gasteiger partial charge in [-0.3, -0.25) is 4.79 Å². The minimum atomic E-state index is -0.345. The van der Waals surface area contributed by atoms with Crippen LogP contribution in [0, 0.1) is 26.6 Å². The van der Waals surface area contributed by atoms with E-state index in [-0.39, 0.29) is 11.7 Å². The fraction of sp³-hybridized carbons (Fsp3) is 0.273. The second kappa shape index (κ2) is 6.65. The van der Waals surface area contributed by atoms with E-state index in [9.17, 15) is 9.18 Å². The molecule has 1 aliphatic rings. The standard InChI is InChI=1S/C22H21FN2O2/c1-13-10-14(2)20(15(3)11-13)22(26)25-9-8-19-17(12-25)21(24-27-19)16-6-4-5-7-18(16)23/h4-7,10-11H,8-9,12H2,1-3H3. The van der Waals surface area contributed by atoms with Crippen LogP contribution in [-0.4, -0.2) is 22.5 Å². The molecular weight excluding hydrogens is 343 g/mol. The summed E-state index contributed by atoms with van der Waals surface area (Å²) in [5.41, 5.74) is 5.52. The first-order chi connectivity index (χ1) is 13.0. The van der Waals surface area contributed by atoms with Gasteiger partial charge in [0.2, 0.25) is 0 Å². The molecule has 0 spiro atoms. The third-order valence-corrected chi connectivity index (χ3v) is 5.13. The molecule has 5 heteroatoms. The SMILES string of the molecule is Cc1cc(C)c(C(=O)N2CCc3onc(-c4ccccc4F)c3C2)c(C)c1. The highest BCUT2D eigenvalue weighted by molar-refractivity contribution is 5.97. The van der Waals surface area contributed by atoms with Crippen molar-refractivity contribution in [2.45, 2.75) is 33.7 Å². The molecule has 4 rings (SSSR count). The molecule has 1 amide bonds. The number of rotatable bonds is 2. The molecule has 2 aromatic carbocycles. The van der Waals surface area contributed by atoms with Gasteiger partial charge in [0.1, 0.15) is 17.3 Å². The molecule has 138 valence electrons. The molecule has 0 N–H and O–H groups in total. The van der Waals surface area contributed by atoms with Crippen LogP contribution >= 0.6 is 0 Å². The molecule has 0 atom stereocenters. The van der Waals surface area contributed by atoms with Crippen LogP contribution in [-0.2, 0) is 13.0 Å². The molecular formula is C22H21FN2O2. The van der Waals surface area contributed by atoms with Gasteiger partial charge in [0.15, 0.2) is 0 Å². The van der Waals surface area contributed by atoms with Gasteiger partial charge in [-0.15, -0.1) is 0 Å². The summed E-state index contributed by atoms with van der Waals surface area (Å²) in [5.74, 6) is 0.383. The van der Waals surface area contributed by atoms with Crippen molar-refractivity contribution in [3.05, 3.63) is 75.8 Å². The van der Waals surface area contributed by atoms with E-state index < -0.39 is 0 Å². The number of benzene rings is 2. The topological polar surface area (TPSA) is 46.3 Å². The fourth-order valence-electron chi connectivity index (χ4n) is 3.92. The van der Waals surface area contributed by atoms with E-state index in [2.05, 4.69) is 5.16 Å². The molecule has 1 aromatic heterocycles. The molecule has 2 heterocycles. The maximum absolute atomic E-state index is 14.2. The highest BCUT2D eigenvalue weighted by Gasteiger charge is 2.30. The summed E-state index contributed by atoms with van der Waals surface area (Å²) in [6.45, 7) is 6.89. The van der Waals surface area contributed by atoms with E-state index in [1.807, 2.05) is 32.9 Å². The zero-order valence-corrected chi connectivity index (χ0v) is 15.7. The number of aryl methyl sites for hydroxylation is 3. The Hall–Kier alpha value is -2.95. The summed E-state index contributed by atoms with van der Waals surface area (Å²) in [6.07, 6.45) is 0.576. The molecule has 0 fully saturated rings. The van der Waals surface area contributed by atoms with E-state index in [0.717, 1.165) is 33.6 Å². The quantitative estimate of drug-likeness (QED) is 0.667. The smallest absolute Gasteiger partial charge is 0.254 e. The molecule has 3 aromatic rings. The van der Waals surface area contributed by atoms with Gasteiger partial charge in [-0.05, 0) is 44.0 Å². The summed E-state index contributed by atoms with van der Waals surface area (Å²) >= 11 is 0. The number of hydrogen-bond acceptors (Lipinski definition) is 3. The lowest BCUT2D eigenvalue weighted by molar-refractivity contribution is 0.0727. The lowest BCUT2D eigenvalue weighted by Crippen LogP contribution is -2.36. The van der Waals surface area contributed by atoms with Crippen molar-refractivity contribution in [3.8, 4) is 11.3 Å². The van der Waals surface area contributed by atoms with E-state index in [1.165, 1.54) is 6.07 Å². The van der Waals surface area contributed by atoms with Gasteiger partial charge in [0, 0.05) is 29.7 Å². The average Bonchev–Trinajstić information content (AvgIpc) is 3.04. The van der Waals surface area contributed by atoms with Crippen LogP contribution in [0.1, 0.15) is 38.4 Å². The van der Waals surface area contributed by atoms with E-state index >= 15 is 0 Å². The third kappa shape index (κ3) is 3.03. The molecule has 0 saturated carbocycles. The Bertz CT molecular complexity index is 1020. The minimum Gasteiger partial charge on any atom is -0.360 e. The zero-order chi connectivity index (χ0) is 19.1. The normalized spacial score (nSPS) is 13.6. The van der Waals surface area contributed by atoms with E-state index in [1.54, 1.807) is 23.1 Å². The second-order valence-electron chi connectivity index (χ2n) is 7.16. The number of fused-ring (bicyclic) bond motifs is 1. The first-order valence-electron chi connectivity index (χ1n) is 9.05. The predicted octanol–water partition coefficient (Wildman–Crippen LogP) is 4.60. The van der Waals surface area contributed by atoms with Crippen LogP contribution in [0.2, 0.25) is 0 Å². The van der Waals surface area contributed by atoms with Crippen molar-refractivity contribution in [1.29, 1.82) is 0 Å². The summed E-state index contributed by atoms with van der Waals surface area (Å²) in [4.78, 5) is 15.0. The molecule has 27 heavy (non-hydrogen) atoms. The van der Waals surface area contributed by atoms with Crippen LogP contribution in [0.4, 0.5) is 4.39 Å². The number of carbonyl (C=O) groups is 1. The third-order valence-electron chi connectivity index (χ3n) is 5.13. The monoisotopic (exact) mass is 364 g/mol. The molecule has 0 radical (unpaired) electrons. The largest absolute Gasteiger partial charge is 0.360 e. The van der Waals surface area contributed by atoms with Crippen molar-refractivity contribution in [2.75, 3.05) is 6.54 Å². The van der Waals surface area contributed by atoms with Crippen molar-refractivity contribution >= 4 is 5.91 Å². The number of amides is 1. The van der Waals surface area contributed by atoms with Crippen LogP contribution in [0.15, 0.2) is 40.9 Å². The van der Waals surface area contributed by atoms with Gasteiger partial charge in [0.25, 0.3) is 5.91 Å². The Morgan fingerprint density at radius 1 is 1.15 bits per heavy atom. The lowest BCUT2D eigenvalue weighted by atomic mass is 9.96. The lowest BCUT2D eigenvalue weighted by Gasteiger charge is -2.27. The van der Waals surface area contributed by atoms with Crippen LogP contribution in [0.3, 0.4) is 0 Å². The van der Waals surface area contributed by atoms with Crippen LogP contribution in [0.5, 0.6) is 0 Å². The first-order valence-corrected chi connectivity index (χ1v) is 9.05. The van der Waals surface area contributed by atoms with Gasteiger partial charge in [-0.2, -0.15) is 0 Å². The highest BCUT2D eigenvalue weighted by atomic mass is 19.1. The summed E-state index contributed by atoms with van der Waals surface area (Å²) in [7, 11) is 0. The zero-order valence-electron chi connectivity index (χ0n) is 15.7. The van der Waals surface area contributed by atoms with Gasteiger partial charge in [0.05, 0.1) is 6.54 Å². The Balaban J connectivity index is 1.69. The van der Waals surface area contributed by atoms with Gasteiger partial charge in [-0.1, -0.05) is 35.0 Å². The Morgan fingerprint density at radius 3 is 2.56 bits per heavy atom. The van der Waals surface area contributed by atoms with Crippen molar-refractivity contribution < 1.29 is 13.7 Å². The molecule has 4 nitrogen and oxygen atoms in total. The molecule has 0 saturated heterocycles. The Kier molecular flexibility index (Phi) is 4.30. The number of carbonyl (C=O) groups excluding carboxylic acids is 1. The van der Waals surface area contributed by atoms with Gasteiger partial charge >= 0.3 is 0 Å². The second-order valence-corrected chi connectivity index (χ2v) is 7.16. The van der Waals surface area contributed by atoms with Crippen molar-refractivity contribution in [1.82, 2.24) is 10.1 Å². The van der Waals surface area contributed by atoms with Crippen LogP contribution in [0.25, 0.3) is 11.3 Å². The summed E-state index contributed by atoms with van der Waals surface area (Å²) in [6, 6.07) is 10.6. The van der Waals surface area contributed by atoms with Crippen molar-refractivity contribution in [2.24, 2.45) is 0 Å². The maximum atomic E-state index is 14.2. The predicted molar refractivity (Wildman–Crippen MR) is 101 cm³/mol. The Labute approximate surface area is 157 Å². The summed E-state index contributed by atoms with van der Waals surface area (Å²) in [5, 5.41) is 4.09. The Morgan fingerprint density at radius 2 is 1.85 bits per heavy atom. The number of halogens is 1. The molecule has 0 aliphatic carbocycles. The number of aromatic nitrogens is 1. The van der Waals surface area contributed by atoms with Gasteiger partial charge < -0.3 is 9.42 Å². The molecule has 0 unspecified atom stereocenters. The first kappa shape index (κ1) is 17.5.